The minimum Gasteiger partial charge on any atom is -0.325 e. The van der Waals surface area contributed by atoms with E-state index in [2.05, 4.69) is 21.2 Å². The number of hydrogen-bond acceptors (Lipinski definition) is 3. The van der Waals surface area contributed by atoms with E-state index in [4.69, 9.17) is 0 Å². The van der Waals surface area contributed by atoms with Crippen LogP contribution in [0.4, 0.5) is 11.4 Å². The van der Waals surface area contributed by atoms with Gasteiger partial charge in [0.2, 0.25) is 11.8 Å². The van der Waals surface area contributed by atoms with Crippen molar-refractivity contribution in [1.29, 1.82) is 0 Å². The van der Waals surface area contributed by atoms with Crippen LogP contribution < -0.4 is 10.2 Å². The van der Waals surface area contributed by atoms with Crippen molar-refractivity contribution in [3.63, 3.8) is 0 Å². The third-order valence-corrected chi connectivity index (χ3v) is 5.66. The largest absolute Gasteiger partial charge is 0.325 e. The molecule has 2 aromatic rings. The van der Waals surface area contributed by atoms with Crippen molar-refractivity contribution in [2.75, 3.05) is 16.8 Å². The number of carbonyl (C=O) groups is 2. The van der Waals surface area contributed by atoms with Crippen molar-refractivity contribution in [2.24, 2.45) is 0 Å². The van der Waals surface area contributed by atoms with Crippen LogP contribution in [0.2, 0.25) is 0 Å². The summed E-state index contributed by atoms with van der Waals surface area (Å²) in [5, 5.41) is 2.72. The standard InChI is InChI=1S/C19H19BrN2O2S/c1-13(25-17-10-4-14(20)5-11-17)19(24)21-15-6-8-16(9-7-15)22-12-2-3-18(22)23/h4-11,13H,2-3,12H2,1H3,(H,21,24). The van der Waals surface area contributed by atoms with E-state index >= 15 is 0 Å². The first-order valence-electron chi connectivity index (χ1n) is 8.16. The summed E-state index contributed by atoms with van der Waals surface area (Å²) in [5.41, 5.74) is 1.63. The summed E-state index contributed by atoms with van der Waals surface area (Å²) in [6.07, 6.45) is 1.52. The Morgan fingerprint density at radius 1 is 1.16 bits per heavy atom. The normalized spacial score (nSPS) is 15.3. The zero-order valence-electron chi connectivity index (χ0n) is 13.9. The van der Waals surface area contributed by atoms with E-state index in [1.165, 1.54) is 11.8 Å². The summed E-state index contributed by atoms with van der Waals surface area (Å²) in [6.45, 7) is 2.66. The van der Waals surface area contributed by atoms with Crippen LogP contribution >= 0.6 is 27.7 Å². The quantitative estimate of drug-likeness (QED) is 0.716. The van der Waals surface area contributed by atoms with Gasteiger partial charge in [0.05, 0.1) is 5.25 Å². The summed E-state index contributed by atoms with van der Waals surface area (Å²) in [5.74, 6) is 0.120. The Morgan fingerprint density at radius 2 is 1.84 bits per heavy atom. The van der Waals surface area contributed by atoms with E-state index < -0.39 is 0 Å². The Bertz CT molecular complexity index is 762. The third-order valence-electron chi connectivity index (χ3n) is 4.02. The summed E-state index contributed by atoms with van der Waals surface area (Å²) in [6, 6.07) is 15.3. The molecule has 2 amide bonds. The zero-order chi connectivity index (χ0) is 17.8. The van der Waals surface area contributed by atoms with Gasteiger partial charge in [0.25, 0.3) is 0 Å². The summed E-state index contributed by atoms with van der Waals surface area (Å²) < 4.78 is 1.02. The highest BCUT2D eigenvalue weighted by Crippen LogP contribution is 2.27. The molecule has 0 radical (unpaired) electrons. The molecule has 0 bridgehead atoms. The molecule has 3 rings (SSSR count). The van der Waals surface area contributed by atoms with Crippen LogP contribution in [0, 0.1) is 0 Å². The van der Waals surface area contributed by atoms with Crippen molar-refractivity contribution in [2.45, 2.75) is 29.9 Å². The molecule has 130 valence electrons. The molecule has 1 heterocycles. The van der Waals surface area contributed by atoms with Crippen LogP contribution in [-0.2, 0) is 9.59 Å². The Labute approximate surface area is 160 Å². The minimum absolute atomic E-state index is 0.0436. The van der Waals surface area contributed by atoms with Gasteiger partial charge in [-0.05, 0) is 61.9 Å². The fourth-order valence-corrected chi connectivity index (χ4v) is 3.79. The molecule has 1 fully saturated rings. The lowest BCUT2D eigenvalue weighted by molar-refractivity contribution is -0.117. The molecule has 0 saturated carbocycles. The first-order chi connectivity index (χ1) is 12.0. The molecule has 25 heavy (non-hydrogen) atoms. The van der Waals surface area contributed by atoms with Gasteiger partial charge >= 0.3 is 0 Å². The fraction of sp³-hybridized carbons (Fsp3) is 0.263. The molecule has 0 aliphatic carbocycles. The molecule has 1 aliphatic rings. The Hall–Kier alpha value is -1.79. The molecule has 0 spiro atoms. The SMILES string of the molecule is CC(Sc1ccc(Br)cc1)C(=O)Nc1ccc(N2CCCC2=O)cc1. The molecular formula is C19H19BrN2O2S. The zero-order valence-corrected chi connectivity index (χ0v) is 16.3. The second-order valence-corrected chi connectivity index (χ2v) is 8.23. The minimum atomic E-state index is -0.207. The van der Waals surface area contributed by atoms with E-state index in [1.807, 2.05) is 55.5 Å². The second kappa shape index (κ2) is 8.06. The van der Waals surface area contributed by atoms with Crippen LogP contribution in [0.3, 0.4) is 0 Å². The second-order valence-electron chi connectivity index (χ2n) is 5.90. The first kappa shape index (κ1) is 18.0. The average molecular weight is 419 g/mol. The summed E-state index contributed by atoms with van der Waals surface area (Å²) in [4.78, 5) is 27.0. The highest BCUT2D eigenvalue weighted by Gasteiger charge is 2.21. The number of amides is 2. The van der Waals surface area contributed by atoms with Crippen molar-refractivity contribution >= 4 is 50.9 Å². The lowest BCUT2D eigenvalue weighted by atomic mass is 10.2. The van der Waals surface area contributed by atoms with Gasteiger partial charge in [-0.3, -0.25) is 9.59 Å². The molecule has 1 unspecified atom stereocenters. The number of nitrogens with one attached hydrogen (secondary N) is 1. The van der Waals surface area contributed by atoms with Crippen LogP contribution in [0.1, 0.15) is 19.8 Å². The fourth-order valence-electron chi connectivity index (χ4n) is 2.66. The highest BCUT2D eigenvalue weighted by atomic mass is 79.9. The van der Waals surface area contributed by atoms with Crippen LogP contribution in [0.15, 0.2) is 57.9 Å². The number of hydrogen-bond donors (Lipinski definition) is 1. The van der Waals surface area contributed by atoms with E-state index in [1.54, 1.807) is 4.90 Å². The highest BCUT2D eigenvalue weighted by molar-refractivity contribution is 9.10. The molecule has 1 saturated heterocycles. The van der Waals surface area contributed by atoms with E-state index in [-0.39, 0.29) is 17.1 Å². The van der Waals surface area contributed by atoms with Crippen molar-refractivity contribution in [1.82, 2.24) is 0 Å². The van der Waals surface area contributed by atoms with Crippen LogP contribution in [0.5, 0.6) is 0 Å². The predicted octanol–water partition coefficient (Wildman–Crippen LogP) is 4.70. The smallest absolute Gasteiger partial charge is 0.237 e. The van der Waals surface area contributed by atoms with Gasteiger partial charge < -0.3 is 10.2 Å². The first-order valence-corrected chi connectivity index (χ1v) is 9.84. The number of carbonyl (C=O) groups excluding carboxylic acids is 2. The van der Waals surface area contributed by atoms with Gasteiger partial charge in [0.15, 0.2) is 0 Å². The summed E-state index contributed by atoms with van der Waals surface area (Å²) >= 11 is 4.92. The maximum Gasteiger partial charge on any atom is 0.237 e. The van der Waals surface area contributed by atoms with Crippen molar-refractivity contribution in [3.05, 3.63) is 53.0 Å². The molecule has 0 aromatic heterocycles. The maximum absolute atomic E-state index is 12.4. The number of benzene rings is 2. The van der Waals surface area contributed by atoms with Gasteiger partial charge in [-0.15, -0.1) is 11.8 Å². The number of thioether (sulfide) groups is 1. The van der Waals surface area contributed by atoms with Gasteiger partial charge in [-0.1, -0.05) is 15.9 Å². The molecule has 1 N–H and O–H groups in total. The lowest BCUT2D eigenvalue weighted by Crippen LogP contribution is -2.24. The van der Waals surface area contributed by atoms with Gasteiger partial charge in [-0.25, -0.2) is 0 Å². The number of rotatable bonds is 5. The third kappa shape index (κ3) is 4.64. The monoisotopic (exact) mass is 418 g/mol. The van der Waals surface area contributed by atoms with Gasteiger partial charge in [0, 0.05) is 33.7 Å². The van der Waals surface area contributed by atoms with Crippen LogP contribution in [0.25, 0.3) is 0 Å². The Morgan fingerprint density at radius 3 is 2.44 bits per heavy atom. The van der Waals surface area contributed by atoms with Gasteiger partial charge in [-0.2, -0.15) is 0 Å². The van der Waals surface area contributed by atoms with E-state index in [9.17, 15) is 9.59 Å². The number of anilines is 2. The molecular weight excluding hydrogens is 400 g/mol. The van der Waals surface area contributed by atoms with Crippen LogP contribution in [-0.4, -0.2) is 23.6 Å². The summed E-state index contributed by atoms with van der Waals surface area (Å²) in [7, 11) is 0. The van der Waals surface area contributed by atoms with Gasteiger partial charge in [0.1, 0.15) is 0 Å². The van der Waals surface area contributed by atoms with Crippen molar-refractivity contribution < 1.29 is 9.59 Å². The molecule has 2 aromatic carbocycles. The molecule has 4 nitrogen and oxygen atoms in total. The molecule has 6 heteroatoms. The number of nitrogens with zero attached hydrogens (tertiary/aromatic N) is 1. The molecule has 1 atom stereocenters. The topological polar surface area (TPSA) is 49.4 Å². The van der Waals surface area contributed by atoms with E-state index in [0.717, 1.165) is 33.7 Å². The predicted molar refractivity (Wildman–Crippen MR) is 106 cm³/mol. The van der Waals surface area contributed by atoms with E-state index in [0.29, 0.717) is 6.42 Å². The Balaban J connectivity index is 1.58. The lowest BCUT2D eigenvalue weighted by Gasteiger charge is -2.16. The number of halogens is 1. The Kier molecular flexibility index (Phi) is 5.81. The molecule has 1 aliphatic heterocycles. The average Bonchev–Trinajstić information content (AvgIpc) is 3.03. The van der Waals surface area contributed by atoms with Crippen molar-refractivity contribution in [3.8, 4) is 0 Å². The maximum atomic E-state index is 12.4.